The summed E-state index contributed by atoms with van der Waals surface area (Å²) in [6.45, 7) is 3.80. The Balaban J connectivity index is 1.91. The van der Waals surface area contributed by atoms with E-state index in [2.05, 4.69) is 15.6 Å². The smallest absolute Gasteiger partial charge is 0.305 e. The Labute approximate surface area is 118 Å². The van der Waals surface area contributed by atoms with Crippen LogP contribution in [0.4, 0.5) is 0 Å². The van der Waals surface area contributed by atoms with E-state index in [1.54, 1.807) is 17.3 Å². The predicted molar refractivity (Wildman–Crippen MR) is 73.9 cm³/mol. The molecule has 8 heteroatoms. The first-order chi connectivity index (χ1) is 9.55. The van der Waals surface area contributed by atoms with Gasteiger partial charge in [0.15, 0.2) is 5.28 Å². The van der Waals surface area contributed by atoms with Gasteiger partial charge in [-0.25, -0.2) is 4.68 Å². The van der Waals surface area contributed by atoms with Crippen molar-refractivity contribution in [3.8, 4) is 0 Å². The Bertz CT molecular complexity index is 487. The zero-order valence-electron chi connectivity index (χ0n) is 11.9. The third-order valence-electron chi connectivity index (χ3n) is 4.23. The number of aromatic nitrogens is 3. The molecule has 1 aliphatic carbocycles. The molecule has 1 saturated heterocycles. The zero-order chi connectivity index (χ0) is 14.2. The van der Waals surface area contributed by atoms with E-state index in [9.17, 15) is 4.57 Å². The van der Waals surface area contributed by atoms with Crippen molar-refractivity contribution in [3.05, 3.63) is 12.7 Å². The van der Waals surface area contributed by atoms with Crippen LogP contribution in [0, 0.1) is 0 Å². The van der Waals surface area contributed by atoms with E-state index in [1.165, 1.54) is 0 Å². The molecule has 2 heterocycles. The van der Waals surface area contributed by atoms with Crippen LogP contribution < -0.4 is 5.43 Å². The summed E-state index contributed by atoms with van der Waals surface area (Å²) in [5, 5.41) is 6.88. The number of nitrogens with zero attached hydrogens (tertiary/aromatic N) is 3. The van der Waals surface area contributed by atoms with Gasteiger partial charge in [0, 0.05) is 0 Å². The summed E-state index contributed by atoms with van der Waals surface area (Å²) in [6.07, 6.45) is 7.52. The molecule has 0 spiro atoms. The van der Waals surface area contributed by atoms with Crippen LogP contribution in [0.1, 0.15) is 46.0 Å². The van der Waals surface area contributed by atoms with Crippen molar-refractivity contribution in [1.29, 1.82) is 0 Å². The highest BCUT2D eigenvalue weighted by Gasteiger charge is 2.57. The minimum atomic E-state index is -3.22. The lowest BCUT2D eigenvalue weighted by Crippen LogP contribution is -2.44. The Hall–Kier alpha value is -0.910. The molecular weight excluding hydrogens is 279 g/mol. The zero-order valence-corrected chi connectivity index (χ0v) is 12.8. The van der Waals surface area contributed by atoms with Gasteiger partial charge in [0.1, 0.15) is 12.7 Å². The van der Waals surface area contributed by atoms with Gasteiger partial charge in [-0.3, -0.25) is 4.57 Å². The van der Waals surface area contributed by atoms with Gasteiger partial charge in [0.25, 0.3) is 0 Å². The van der Waals surface area contributed by atoms with Crippen LogP contribution in [0.25, 0.3) is 0 Å². The van der Waals surface area contributed by atoms with Crippen LogP contribution >= 0.6 is 7.60 Å². The molecule has 3 rings (SSSR count). The van der Waals surface area contributed by atoms with E-state index in [0.717, 1.165) is 32.1 Å². The molecule has 0 bridgehead atoms. The average molecular weight is 300 g/mol. The summed E-state index contributed by atoms with van der Waals surface area (Å²) < 4.78 is 26.5. The van der Waals surface area contributed by atoms with E-state index in [1.807, 2.05) is 13.8 Å². The minimum absolute atomic E-state index is 0.151. The van der Waals surface area contributed by atoms with Crippen LogP contribution in [-0.4, -0.2) is 32.4 Å². The second-order valence-electron chi connectivity index (χ2n) is 5.69. The van der Waals surface area contributed by atoms with Gasteiger partial charge >= 0.3 is 7.60 Å². The van der Waals surface area contributed by atoms with Crippen LogP contribution in [0.2, 0.25) is 0 Å². The summed E-state index contributed by atoms with van der Waals surface area (Å²) in [4.78, 5) is 0. The van der Waals surface area contributed by atoms with Crippen molar-refractivity contribution in [2.45, 2.75) is 63.4 Å². The lowest BCUT2D eigenvalue weighted by molar-refractivity contribution is 0.187. The van der Waals surface area contributed by atoms with E-state index in [4.69, 9.17) is 9.05 Å². The highest BCUT2D eigenvalue weighted by molar-refractivity contribution is 7.56. The molecule has 2 aliphatic rings. The average Bonchev–Trinajstić information content (AvgIpc) is 3.00. The monoisotopic (exact) mass is 300 g/mol. The number of hydrogen-bond acceptors (Lipinski definition) is 6. The molecule has 2 fully saturated rings. The van der Waals surface area contributed by atoms with Gasteiger partial charge in [-0.15, -0.1) is 10.2 Å². The quantitative estimate of drug-likeness (QED) is 0.864. The van der Waals surface area contributed by atoms with E-state index < -0.39 is 12.9 Å². The molecule has 7 nitrogen and oxygen atoms in total. The van der Waals surface area contributed by atoms with Crippen LogP contribution in [0.5, 0.6) is 0 Å². The molecular formula is C12H21N4O3P. The second kappa shape index (κ2) is 5.13. The first-order valence-corrected chi connectivity index (χ1v) is 8.69. The fourth-order valence-corrected chi connectivity index (χ4v) is 5.69. The van der Waals surface area contributed by atoms with Crippen LogP contribution in [-0.2, 0) is 13.6 Å². The third kappa shape index (κ3) is 2.28. The topological polar surface area (TPSA) is 78.3 Å². The maximum absolute atomic E-state index is 13.3. The van der Waals surface area contributed by atoms with Crippen LogP contribution in [0.3, 0.4) is 0 Å². The summed E-state index contributed by atoms with van der Waals surface area (Å²) >= 11 is 0. The Morgan fingerprint density at radius 2 is 1.70 bits per heavy atom. The van der Waals surface area contributed by atoms with Crippen molar-refractivity contribution in [2.24, 2.45) is 0 Å². The molecule has 112 valence electrons. The van der Waals surface area contributed by atoms with E-state index >= 15 is 0 Å². The molecule has 0 aromatic carbocycles. The summed E-state index contributed by atoms with van der Waals surface area (Å²) in [5.74, 6) is 0. The van der Waals surface area contributed by atoms with Gasteiger partial charge < -0.3 is 14.5 Å². The lowest BCUT2D eigenvalue weighted by atomic mass is 9.95. The van der Waals surface area contributed by atoms with Gasteiger partial charge in [-0.1, -0.05) is 19.3 Å². The largest absolute Gasteiger partial charge is 0.357 e. The van der Waals surface area contributed by atoms with E-state index in [-0.39, 0.29) is 12.2 Å². The number of hydrogen-bond donors (Lipinski definition) is 1. The molecule has 0 unspecified atom stereocenters. The molecule has 20 heavy (non-hydrogen) atoms. The fourth-order valence-electron chi connectivity index (χ4n) is 2.92. The third-order valence-corrected chi connectivity index (χ3v) is 7.05. The number of rotatable bonds is 3. The number of nitrogens with one attached hydrogen (secondary N) is 1. The summed E-state index contributed by atoms with van der Waals surface area (Å²) in [7, 11) is -3.22. The van der Waals surface area contributed by atoms with Crippen LogP contribution in [0.15, 0.2) is 12.7 Å². The molecule has 1 aromatic heterocycles. The summed E-state index contributed by atoms with van der Waals surface area (Å²) in [5.41, 5.74) is 3.28. The Morgan fingerprint density at radius 3 is 2.25 bits per heavy atom. The SMILES string of the molecule is C[C@@H]1OP(=O)(C2(Nn3cnnc3)CCCCC2)O[C@H]1C. The first-order valence-electron chi connectivity index (χ1n) is 7.14. The molecule has 0 amide bonds. The van der Waals surface area contributed by atoms with Crippen molar-refractivity contribution in [2.75, 3.05) is 5.43 Å². The highest BCUT2D eigenvalue weighted by atomic mass is 31.2. The predicted octanol–water partition coefficient (Wildman–Crippen LogP) is 2.50. The Morgan fingerprint density at radius 1 is 1.15 bits per heavy atom. The van der Waals surface area contributed by atoms with Crippen molar-refractivity contribution in [3.63, 3.8) is 0 Å². The molecule has 1 N–H and O–H groups in total. The van der Waals surface area contributed by atoms with Gasteiger partial charge in [0.05, 0.1) is 12.2 Å². The second-order valence-corrected chi connectivity index (χ2v) is 7.96. The van der Waals surface area contributed by atoms with Crippen molar-refractivity contribution in [1.82, 2.24) is 14.9 Å². The molecule has 1 saturated carbocycles. The molecule has 0 radical (unpaired) electrons. The maximum atomic E-state index is 13.3. The van der Waals surface area contributed by atoms with E-state index in [0.29, 0.717) is 0 Å². The summed E-state index contributed by atoms with van der Waals surface area (Å²) in [6, 6.07) is 0. The van der Waals surface area contributed by atoms with Gasteiger partial charge in [-0.2, -0.15) is 0 Å². The Kier molecular flexibility index (Phi) is 3.60. The maximum Gasteiger partial charge on any atom is 0.357 e. The molecule has 2 atom stereocenters. The lowest BCUT2D eigenvalue weighted by Gasteiger charge is -2.40. The first kappa shape index (κ1) is 14.0. The van der Waals surface area contributed by atoms with Crippen molar-refractivity contribution < 1.29 is 13.6 Å². The minimum Gasteiger partial charge on any atom is -0.305 e. The highest BCUT2D eigenvalue weighted by Crippen LogP contribution is 2.68. The van der Waals surface area contributed by atoms with Gasteiger partial charge in [-0.05, 0) is 26.7 Å². The van der Waals surface area contributed by atoms with Gasteiger partial charge in [0.2, 0.25) is 0 Å². The molecule has 1 aromatic rings. The fraction of sp³-hybridized carbons (Fsp3) is 0.833. The normalized spacial score (nSPS) is 32.1. The molecule has 1 aliphatic heterocycles. The standard InChI is InChI=1S/C12H21N4O3P/c1-10-11(2)19-20(17,18-10)12(6-4-3-5-7-12)15-16-8-13-14-9-16/h8-11,15H,3-7H2,1-2H3/t10-,11-/m0/s1. The van der Waals surface area contributed by atoms with Crippen molar-refractivity contribution >= 4 is 7.60 Å².